The summed E-state index contributed by atoms with van der Waals surface area (Å²) in [4.78, 5) is 10.6. The quantitative estimate of drug-likeness (QED) is 0.734. The highest BCUT2D eigenvalue weighted by atomic mass is 17.2. The lowest BCUT2D eigenvalue weighted by Crippen LogP contribution is -2.34. The van der Waals surface area contributed by atoms with Crippen molar-refractivity contribution in [1.29, 1.82) is 0 Å². The first-order valence-corrected chi connectivity index (χ1v) is 6.13. The zero-order chi connectivity index (χ0) is 12.7. The maximum Gasteiger partial charge on any atom is 0.365 e. The number of hydrogen-bond acceptors (Lipinski definition) is 4. The monoisotopic (exact) mass is 255 g/mol. The molecule has 1 unspecified atom stereocenters. The molecule has 2 aliphatic heterocycles. The molecule has 4 nitrogen and oxygen atoms in total. The van der Waals surface area contributed by atoms with Gasteiger partial charge in [-0.15, -0.1) is 0 Å². The number of hydrogen-bond donors (Lipinski definition) is 0. The Bertz CT molecular complexity index is 586. The number of rotatable bonds is 1. The molecule has 0 fully saturated rings. The van der Waals surface area contributed by atoms with Crippen molar-refractivity contribution in [3.63, 3.8) is 0 Å². The summed E-state index contributed by atoms with van der Waals surface area (Å²) in [5.74, 6) is 2.16. The normalized spacial score (nSPS) is 20.7. The molecule has 0 aromatic heterocycles. The molecule has 1 atom stereocenters. The van der Waals surface area contributed by atoms with Crippen LogP contribution in [0.3, 0.4) is 0 Å². The minimum absolute atomic E-state index is 0.359. The molecule has 0 saturated heterocycles. The van der Waals surface area contributed by atoms with Gasteiger partial charge in [-0.1, -0.05) is 30.3 Å². The fraction of sp³-hybridized carbons (Fsp3) is 0.133. The Morgan fingerprint density at radius 3 is 2.16 bits per heavy atom. The standard InChI is InChI=1S/C15H11O4/c1-2-6-11-10(5-1)9-14(19-18-11)15-16-12-7-3-4-8-13(12)17-15/h1-8,14H,9H2. The second kappa shape index (κ2) is 4.17. The van der Waals surface area contributed by atoms with Crippen molar-refractivity contribution in [1.82, 2.24) is 0 Å². The van der Waals surface area contributed by atoms with E-state index in [2.05, 4.69) is 0 Å². The van der Waals surface area contributed by atoms with Gasteiger partial charge in [-0.3, -0.25) is 0 Å². The van der Waals surface area contributed by atoms with Crippen LogP contribution in [-0.2, 0) is 11.3 Å². The molecule has 19 heavy (non-hydrogen) atoms. The molecule has 4 heteroatoms. The van der Waals surface area contributed by atoms with Crippen molar-refractivity contribution >= 4 is 0 Å². The van der Waals surface area contributed by atoms with Crippen LogP contribution in [-0.4, -0.2) is 6.10 Å². The van der Waals surface area contributed by atoms with Crippen LogP contribution in [0.2, 0.25) is 0 Å². The van der Waals surface area contributed by atoms with Crippen LogP contribution >= 0.6 is 0 Å². The van der Waals surface area contributed by atoms with E-state index in [9.17, 15) is 0 Å². The molecule has 0 spiro atoms. The van der Waals surface area contributed by atoms with E-state index < -0.39 is 0 Å². The zero-order valence-electron chi connectivity index (χ0n) is 10.0. The van der Waals surface area contributed by atoms with Crippen LogP contribution in [0.4, 0.5) is 0 Å². The molecular formula is C15H11O4. The number of benzene rings is 2. The lowest BCUT2D eigenvalue weighted by molar-refractivity contribution is -0.267. The van der Waals surface area contributed by atoms with Gasteiger partial charge in [0.1, 0.15) is 0 Å². The van der Waals surface area contributed by atoms with Crippen molar-refractivity contribution in [3.8, 4) is 17.2 Å². The summed E-state index contributed by atoms with van der Waals surface area (Å²) >= 11 is 0. The van der Waals surface area contributed by atoms with Gasteiger partial charge < -0.3 is 14.4 Å². The van der Waals surface area contributed by atoms with Crippen LogP contribution in [0, 0.1) is 6.29 Å². The SMILES string of the molecule is c1ccc2c(c1)CC([C]1Oc3ccccc3O1)OO2. The summed E-state index contributed by atoms with van der Waals surface area (Å²) in [6, 6.07) is 15.3. The second-order valence-electron chi connectivity index (χ2n) is 4.45. The first-order chi connectivity index (χ1) is 9.40. The van der Waals surface area contributed by atoms with Crippen LogP contribution in [0.25, 0.3) is 0 Å². The molecule has 4 rings (SSSR count). The van der Waals surface area contributed by atoms with E-state index in [1.54, 1.807) is 0 Å². The molecule has 2 aromatic carbocycles. The first-order valence-electron chi connectivity index (χ1n) is 6.13. The maximum absolute atomic E-state index is 5.65. The van der Waals surface area contributed by atoms with Crippen LogP contribution in [0.5, 0.6) is 17.2 Å². The van der Waals surface area contributed by atoms with Gasteiger partial charge in [-0.05, 0) is 18.2 Å². The summed E-state index contributed by atoms with van der Waals surface area (Å²) in [6.07, 6.45) is 0.734. The molecule has 1 radical (unpaired) electrons. The van der Waals surface area contributed by atoms with E-state index >= 15 is 0 Å². The molecule has 95 valence electrons. The van der Waals surface area contributed by atoms with Crippen LogP contribution < -0.4 is 14.4 Å². The summed E-state index contributed by atoms with van der Waals surface area (Å²) in [5, 5.41) is 0. The summed E-state index contributed by atoms with van der Waals surface area (Å²) in [5.41, 5.74) is 1.08. The van der Waals surface area contributed by atoms with Crippen LogP contribution in [0.15, 0.2) is 48.5 Å². The van der Waals surface area contributed by atoms with Crippen molar-refractivity contribution in [2.75, 3.05) is 0 Å². The van der Waals surface area contributed by atoms with E-state index in [0.717, 1.165) is 11.3 Å². The first kappa shape index (κ1) is 10.7. The van der Waals surface area contributed by atoms with E-state index in [1.807, 2.05) is 48.5 Å². The Hall–Kier alpha value is -2.20. The van der Waals surface area contributed by atoms with E-state index in [0.29, 0.717) is 24.2 Å². The molecular weight excluding hydrogens is 244 g/mol. The maximum atomic E-state index is 5.65. The molecule has 0 aliphatic carbocycles. The number of fused-ring (bicyclic) bond motifs is 2. The molecule has 2 heterocycles. The van der Waals surface area contributed by atoms with Gasteiger partial charge in [0.15, 0.2) is 23.4 Å². The van der Waals surface area contributed by atoms with Crippen LogP contribution in [0.1, 0.15) is 5.56 Å². The second-order valence-corrected chi connectivity index (χ2v) is 4.45. The molecule has 2 aromatic rings. The minimum atomic E-state index is -0.359. The Morgan fingerprint density at radius 2 is 1.42 bits per heavy atom. The van der Waals surface area contributed by atoms with Gasteiger partial charge in [0, 0.05) is 12.0 Å². The molecule has 0 amide bonds. The number of para-hydroxylation sites is 3. The van der Waals surface area contributed by atoms with Gasteiger partial charge in [0.05, 0.1) is 0 Å². The topological polar surface area (TPSA) is 36.9 Å². The number of ether oxygens (including phenoxy) is 2. The predicted molar refractivity (Wildman–Crippen MR) is 66.6 cm³/mol. The third-order valence-electron chi connectivity index (χ3n) is 3.17. The van der Waals surface area contributed by atoms with Gasteiger partial charge in [-0.25, -0.2) is 0 Å². The van der Waals surface area contributed by atoms with Gasteiger partial charge in [-0.2, -0.15) is 4.89 Å². The fourth-order valence-electron chi connectivity index (χ4n) is 2.21. The molecule has 0 saturated carbocycles. The van der Waals surface area contributed by atoms with E-state index in [-0.39, 0.29) is 6.10 Å². The highest BCUT2D eigenvalue weighted by Gasteiger charge is 2.39. The zero-order valence-corrected chi connectivity index (χ0v) is 10.0. The Balaban J connectivity index is 1.54. The Kier molecular flexibility index (Phi) is 2.35. The van der Waals surface area contributed by atoms with Gasteiger partial charge in [0.2, 0.25) is 0 Å². The smallest absolute Gasteiger partial charge is 0.365 e. The molecule has 2 aliphatic rings. The van der Waals surface area contributed by atoms with Crippen molar-refractivity contribution < 1.29 is 19.2 Å². The van der Waals surface area contributed by atoms with Crippen molar-refractivity contribution in [3.05, 3.63) is 60.4 Å². The third kappa shape index (κ3) is 1.81. The largest absolute Gasteiger partial charge is 0.439 e. The average molecular weight is 255 g/mol. The Labute approximate surface area is 110 Å². The predicted octanol–water partition coefficient (Wildman–Crippen LogP) is 2.88. The summed E-state index contributed by atoms with van der Waals surface area (Å²) < 4.78 is 11.3. The van der Waals surface area contributed by atoms with E-state index in [1.165, 1.54) is 0 Å². The Morgan fingerprint density at radius 1 is 0.789 bits per heavy atom. The average Bonchev–Trinajstić information content (AvgIpc) is 2.90. The fourth-order valence-corrected chi connectivity index (χ4v) is 2.21. The van der Waals surface area contributed by atoms with Gasteiger partial charge in [0.25, 0.3) is 0 Å². The van der Waals surface area contributed by atoms with Crippen molar-refractivity contribution in [2.24, 2.45) is 0 Å². The highest BCUT2D eigenvalue weighted by molar-refractivity contribution is 5.44. The van der Waals surface area contributed by atoms with Gasteiger partial charge >= 0.3 is 6.29 Å². The van der Waals surface area contributed by atoms with Crippen molar-refractivity contribution in [2.45, 2.75) is 12.5 Å². The third-order valence-corrected chi connectivity index (χ3v) is 3.17. The van der Waals surface area contributed by atoms with E-state index in [4.69, 9.17) is 19.2 Å². The lowest BCUT2D eigenvalue weighted by Gasteiger charge is -2.25. The summed E-state index contributed by atoms with van der Waals surface area (Å²) in [6.45, 7) is 0. The minimum Gasteiger partial charge on any atom is -0.439 e. The molecule has 0 bridgehead atoms. The molecule has 0 N–H and O–H groups in total. The summed E-state index contributed by atoms with van der Waals surface area (Å²) in [7, 11) is 0. The lowest BCUT2D eigenvalue weighted by atomic mass is 10.1. The highest BCUT2D eigenvalue weighted by Crippen LogP contribution is 2.40.